The highest BCUT2D eigenvalue weighted by molar-refractivity contribution is 5.79. The van der Waals surface area contributed by atoms with Crippen LogP contribution in [0, 0.1) is 5.92 Å². The second-order valence-corrected chi connectivity index (χ2v) is 2.90. The highest BCUT2D eigenvalue weighted by Crippen LogP contribution is 2.21. The van der Waals surface area contributed by atoms with Gasteiger partial charge in [0.15, 0.2) is 0 Å². The third kappa shape index (κ3) is 2.66. The molecule has 0 atom stereocenters. The molecule has 0 heterocycles. The number of rotatable bonds is 2. The van der Waals surface area contributed by atoms with Crippen LogP contribution in [0.25, 0.3) is 0 Å². The second kappa shape index (κ2) is 4.06. The topological polar surface area (TPSA) is 34.1 Å². The smallest absolute Gasteiger partial charge is 0.142 e. The third-order valence-electron chi connectivity index (χ3n) is 2.05. The summed E-state index contributed by atoms with van der Waals surface area (Å²) in [6.07, 6.45) is 7.43. The molecule has 0 aliphatic heterocycles. The fourth-order valence-electron chi connectivity index (χ4n) is 1.36. The molecule has 0 spiro atoms. The van der Waals surface area contributed by atoms with E-state index in [4.69, 9.17) is 0 Å². The molecule has 0 aromatic heterocycles. The minimum atomic E-state index is 0.362. The van der Waals surface area contributed by atoms with Gasteiger partial charge in [-0.1, -0.05) is 6.08 Å². The predicted octanol–water partition coefficient (Wildman–Crippen LogP) is 1.50. The maximum absolute atomic E-state index is 10.8. The monoisotopic (exact) mass is 152 g/mol. The Bertz CT molecular complexity index is 172. The zero-order valence-electron chi connectivity index (χ0n) is 6.45. The summed E-state index contributed by atoms with van der Waals surface area (Å²) in [4.78, 5) is 20.7. The molecule has 0 aromatic carbocycles. The molecule has 0 radical (unpaired) electrons. The van der Waals surface area contributed by atoms with Crippen LogP contribution in [0.15, 0.2) is 12.2 Å². The molecule has 0 aromatic rings. The standard InChI is InChI=1S/C9H12O2/c10-7-1-2-8-3-5-9(11)6-4-8/h1-2,7-8H,3-6H2/b2-1+. The van der Waals surface area contributed by atoms with E-state index in [1.807, 2.05) is 6.08 Å². The molecule has 0 bridgehead atoms. The first kappa shape index (κ1) is 8.18. The molecule has 1 aliphatic rings. The lowest BCUT2D eigenvalue weighted by atomic mass is 9.88. The Morgan fingerprint density at radius 2 is 1.91 bits per heavy atom. The zero-order valence-corrected chi connectivity index (χ0v) is 6.45. The predicted molar refractivity (Wildman–Crippen MR) is 42.2 cm³/mol. The lowest BCUT2D eigenvalue weighted by Gasteiger charge is -2.16. The van der Waals surface area contributed by atoms with Crippen molar-refractivity contribution in [3.05, 3.63) is 12.2 Å². The van der Waals surface area contributed by atoms with Crippen LogP contribution >= 0.6 is 0 Å². The van der Waals surface area contributed by atoms with Gasteiger partial charge >= 0.3 is 0 Å². The molecular formula is C9H12O2. The molecule has 60 valence electrons. The first-order valence-electron chi connectivity index (χ1n) is 3.96. The molecule has 0 unspecified atom stereocenters. The van der Waals surface area contributed by atoms with Gasteiger partial charge in [-0.2, -0.15) is 0 Å². The highest BCUT2D eigenvalue weighted by Gasteiger charge is 2.15. The number of allylic oxidation sites excluding steroid dienone is 2. The summed E-state index contributed by atoms with van der Waals surface area (Å²) >= 11 is 0. The molecule has 0 N–H and O–H groups in total. The molecule has 1 fully saturated rings. The minimum absolute atomic E-state index is 0.362. The van der Waals surface area contributed by atoms with Crippen LogP contribution in [0.3, 0.4) is 0 Å². The van der Waals surface area contributed by atoms with Crippen molar-refractivity contribution in [2.24, 2.45) is 5.92 Å². The number of aldehydes is 1. The molecule has 1 rings (SSSR count). The highest BCUT2D eigenvalue weighted by atomic mass is 16.1. The molecule has 2 heteroatoms. The first-order valence-corrected chi connectivity index (χ1v) is 3.96. The summed E-state index contributed by atoms with van der Waals surface area (Å²) in [6, 6.07) is 0. The van der Waals surface area contributed by atoms with Crippen LogP contribution < -0.4 is 0 Å². The maximum Gasteiger partial charge on any atom is 0.142 e. The number of hydrogen-bond acceptors (Lipinski definition) is 2. The summed E-state index contributed by atoms with van der Waals surface area (Å²) in [5.74, 6) is 0.818. The number of Topliss-reactive ketones (excluding diaryl/α,β-unsaturated/α-hetero) is 1. The van der Waals surface area contributed by atoms with Crippen molar-refractivity contribution in [3.63, 3.8) is 0 Å². The van der Waals surface area contributed by atoms with Gasteiger partial charge in [-0.15, -0.1) is 0 Å². The van der Waals surface area contributed by atoms with Gasteiger partial charge in [0, 0.05) is 12.8 Å². The zero-order chi connectivity index (χ0) is 8.10. The van der Waals surface area contributed by atoms with Crippen molar-refractivity contribution >= 4 is 12.1 Å². The molecule has 2 nitrogen and oxygen atoms in total. The lowest BCUT2D eigenvalue weighted by molar-refractivity contribution is -0.120. The fourth-order valence-corrected chi connectivity index (χ4v) is 1.36. The summed E-state index contributed by atoms with van der Waals surface area (Å²) in [5, 5.41) is 0. The van der Waals surface area contributed by atoms with Gasteiger partial charge < -0.3 is 0 Å². The van der Waals surface area contributed by atoms with Crippen molar-refractivity contribution < 1.29 is 9.59 Å². The Morgan fingerprint density at radius 3 is 2.45 bits per heavy atom. The van der Waals surface area contributed by atoms with Crippen molar-refractivity contribution in [3.8, 4) is 0 Å². The van der Waals surface area contributed by atoms with Gasteiger partial charge in [-0.25, -0.2) is 0 Å². The van der Waals surface area contributed by atoms with Gasteiger partial charge in [0.1, 0.15) is 12.1 Å². The van der Waals surface area contributed by atoms with Gasteiger partial charge in [-0.05, 0) is 24.8 Å². The molecular weight excluding hydrogens is 140 g/mol. The Hall–Kier alpha value is -0.920. The third-order valence-corrected chi connectivity index (χ3v) is 2.05. The molecule has 11 heavy (non-hydrogen) atoms. The summed E-state index contributed by atoms with van der Waals surface area (Å²) in [7, 11) is 0. The van der Waals surface area contributed by atoms with Crippen molar-refractivity contribution in [2.45, 2.75) is 25.7 Å². The van der Waals surface area contributed by atoms with Crippen LogP contribution in [0.1, 0.15) is 25.7 Å². The van der Waals surface area contributed by atoms with E-state index >= 15 is 0 Å². The van der Waals surface area contributed by atoms with E-state index in [0.29, 0.717) is 24.5 Å². The van der Waals surface area contributed by atoms with E-state index in [1.165, 1.54) is 6.08 Å². The summed E-state index contributed by atoms with van der Waals surface area (Å²) in [6.45, 7) is 0. The molecule has 0 amide bonds. The largest absolute Gasteiger partial charge is 0.300 e. The van der Waals surface area contributed by atoms with Gasteiger partial charge in [0.25, 0.3) is 0 Å². The quantitative estimate of drug-likeness (QED) is 0.444. The minimum Gasteiger partial charge on any atom is -0.300 e. The van der Waals surface area contributed by atoms with E-state index in [-0.39, 0.29) is 0 Å². The lowest BCUT2D eigenvalue weighted by Crippen LogP contribution is -2.11. The van der Waals surface area contributed by atoms with E-state index in [2.05, 4.69) is 0 Å². The number of hydrogen-bond donors (Lipinski definition) is 0. The average molecular weight is 152 g/mol. The number of carbonyl (C=O) groups is 2. The number of ketones is 1. The Balaban J connectivity index is 2.33. The van der Waals surface area contributed by atoms with Gasteiger partial charge in [0.2, 0.25) is 0 Å². The summed E-state index contributed by atoms with van der Waals surface area (Å²) in [5.41, 5.74) is 0. The Labute approximate surface area is 66.3 Å². The van der Waals surface area contributed by atoms with E-state index < -0.39 is 0 Å². The van der Waals surface area contributed by atoms with Crippen molar-refractivity contribution in [1.82, 2.24) is 0 Å². The second-order valence-electron chi connectivity index (χ2n) is 2.90. The average Bonchev–Trinajstić information content (AvgIpc) is 2.04. The molecule has 1 aliphatic carbocycles. The first-order chi connectivity index (χ1) is 5.33. The Morgan fingerprint density at radius 1 is 1.27 bits per heavy atom. The SMILES string of the molecule is O=C/C=C/C1CCC(=O)CC1. The van der Waals surface area contributed by atoms with Gasteiger partial charge in [-0.3, -0.25) is 9.59 Å². The van der Waals surface area contributed by atoms with Crippen LogP contribution in [-0.4, -0.2) is 12.1 Å². The van der Waals surface area contributed by atoms with E-state index in [9.17, 15) is 9.59 Å². The summed E-state index contributed by atoms with van der Waals surface area (Å²) < 4.78 is 0. The van der Waals surface area contributed by atoms with Crippen molar-refractivity contribution in [1.29, 1.82) is 0 Å². The van der Waals surface area contributed by atoms with Crippen molar-refractivity contribution in [2.75, 3.05) is 0 Å². The molecule has 1 saturated carbocycles. The van der Waals surface area contributed by atoms with Gasteiger partial charge in [0.05, 0.1) is 0 Å². The van der Waals surface area contributed by atoms with Crippen LogP contribution in [0.2, 0.25) is 0 Å². The van der Waals surface area contributed by atoms with E-state index in [1.54, 1.807) is 0 Å². The number of carbonyl (C=O) groups excluding carboxylic acids is 2. The maximum atomic E-state index is 10.8. The van der Waals surface area contributed by atoms with Crippen LogP contribution in [0.5, 0.6) is 0 Å². The Kier molecular flexibility index (Phi) is 3.02. The van der Waals surface area contributed by atoms with Crippen LogP contribution in [-0.2, 0) is 9.59 Å². The fraction of sp³-hybridized carbons (Fsp3) is 0.556. The normalized spacial score (nSPS) is 20.9. The van der Waals surface area contributed by atoms with E-state index in [0.717, 1.165) is 19.1 Å². The van der Waals surface area contributed by atoms with Crippen LogP contribution in [0.4, 0.5) is 0 Å². The molecule has 0 saturated heterocycles.